The van der Waals surface area contributed by atoms with E-state index in [4.69, 9.17) is 9.47 Å². The summed E-state index contributed by atoms with van der Waals surface area (Å²) in [7, 11) is 3.15. The second-order valence-corrected chi connectivity index (χ2v) is 5.98. The number of amides is 1. The van der Waals surface area contributed by atoms with Gasteiger partial charge in [-0.15, -0.1) is 0 Å². The molecule has 6 heteroatoms. The van der Waals surface area contributed by atoms with Gasteiger partial charge in [0.1, 0.15) is 5.82 Å². The van der Waals surface area contributed by atoms with Crippen LogP contribution in [-0.2, 0) is 11.2 Å². The summed E-state index contributed by atoms with van der Waals surface area (Å²) < 4.78 is 10.5. The molecule has 0 aliphatic heterocycles. The Morgan fingerprint density at radius 2 is 1.88 bits per heavy atom. The van der Waals surface area contributed by atoms with Crippen molar-refractivity contribution in [3.63, 3.8) is 0 Å². The molecule has 2 N–H and O–H groups in total. The number of nitrogens with one attached hydrogen (secondary N) is 2. The Labute approximate surface area is 154 Å². The van der Waals surface area contributed by atoms with Crippen LogP contribution < -0.4 is 20.1 Å². The maximum atomic E-state index is 12.2. The monoisotopic (exact) mass is 357 g/mol. The number of ether oxygens (including phenoxy) is 2. The molecular weight excluding hydrogens is 330 g/mol. The second kappa shape index (κ2) is 10.3. The molecule has 0 spiro atoms. The molecule has 0 saturated carbocycles. The van der Waals surface area contributed by atoms with Gasteiger partial charge in [0.05, 0.1) is 32.5 Å². The van der Waals surface area contributed by atoms with Gasteiger partial charge in [-0.2, -0.15) is 0 Å². The summed E-state index contributed by atoms with van der Waals surface area (Å²) in [6.07, 6.45) is 5.52. The number of benzene rings is 1. The molecule has 0 aliphatic rings. The minimum absolute atomic E-state index is 0.131. The summed E-state index contributed by atoms with van der Waals surface area (Å²) in [5.41, 5.74) is 1.80. The SMILES string of the molecule is CCCCCNc1ccc(NC(=O)Cc2ccc(OC)c(OC)c2)nc1. The lowest BCUT2D eigenvalue weighted by molar-refractivity contribution is -0.115. The summed E-state index contributed by atoms with van der Waals surface area (Å²) >= 11 is 0. The predicted molar refractivity (Wildman–Crippen MR) is 104 cm³/mol. The van der Waals surface area contributed by atoms with Crippen LogP contribution in [0.3, 0.4) is 0 Å². The zero-order valence-electron chi connectivity index (χ0n) is 15.7. The zero-order valence-corrected chi connectivity index (χ0v) is 15.7. The molecule has 2 aromatic rings. The molecule has 2 rings (SSSR count). The minimum Gasteiger partial charge on any atom is -0.493 e. The number of carbonyl (C=O) groups is 1. The second-order valence-electron chi connectivity index (χ2n) is 5.98. The number of hydrogen-bond donors (Lipinski definition) is 2. The number of aromatic nitrogens is 1. The number of unbranched alkanes of at least 4 members (excludes halogenated alkanes) is 2. The first kappa shape index (κ1) is 19.6. The van der Waals surface area contributed by atoms with Crippen molar-refractivity contribution in [2.45, 2.75) is 32.6 Å². The number of methoxy groups -OCH3 is 2. The number of rotatable bonds is 10. The van der Waals surface area contributed by atoms with E-state index in [0.717, 1.165) is 24.2 Å². The summed E-state index contributed by atoms with van der Waals surface area (Å²) in [5.74, 6) is 1.65. The van der Waals surface area contributed by atoms with Crippen LogP contribution in [0.4, 0.5) is 11.5 Å². The predicted octanol–water partition coefficient (Wildman–Crippen LogP) is 3.88. The molecule has 140 valence electrons. The molecule has 0 aliphatic carbocycles. The average molecular weight is 357 g/mol. The van der Waals surface area contributed by atoms with Gasteiger partial charge in [-0.05, 0) is 36.2 Å². The van der Waals surface area contributed by atoms with Crippen LogP contribution in [0.25, 0.3) is 0 Å². The molecule has 1 heterocycles. The van der Waals surface area contributed by atoms with Gasteiger partial charge in [0, 0.05) is 6.54 Å². The van der Waals surface area contributed by atoms with Gasteiger partial charge in [-0.25, -0.2) is 4.98 Å². The van der Waals surface area contributed by atoms with E-state index in [1.807, 2.05) is 12.1 Å². The van der Waals surface area contributed by atoms with Crippen molar-refractivity contribution >= 4 is 17.4 Å². The average Bonchev–Trinajstić information content (AvgIpc) is 2.66. The Morgan fingerprint density at radius 1 is 1.08 bits per heavy atom. The largest absolute Gasteiger partial charge is 0.493 e. The van der Waals surface area contributed by atoms with Gasteiger partial charge in [-0.3, -0.25) is 4.79 Å². The van der Waals surface area contributed by atoms with Crippen LogP contribution in [0.15, 0.2) is 36.5 Å². The Morgan fingerprint density at radius 3 is 2.54 bits per heavy atom. The Hall–Kier alpha value is -2.76. The zero-order chi connectivity index (χ0) is 18.8. The van der Waals surface area contributed by atoms with E-state index in [1.165, 1.54) is 12.8 Å². The molecule has 0 radical (unpaired) electrons. The highest BCUT2D eigenvalue weighted by atomic mass is 16.5. The fourth-order valence-electron chi connectivity index (χ4n) is 2.54. The van der Waals surface area contributed by atoms with Crippen molar-refractivity contribution in [3.8, 4) is 11.5 Å². The van der Waals surface area contributed by atoms with Crippen molar-refractivity contribution < 1.29 is 14.3 Å². The first-order chi connectivity index (χ1) is 12.7. The number of carbonyl (C=O) groups excluding carboxylic acids is 1. The molecule has 0 saturated heterocycles. The smallest absolute Gasteiger partial charge is 0.229 e. The Kier molecular flexibility index (Phi) is 7.74. The number of hydrogen-bond acceptors (Lipinski definition) is 5. The minimum atomic E-state index is -0.131. The lowest BCUT2D eigenvalue weighted by atomic mass is 10.1. The highest BCUT2D eigenvalue weighted by Gasteiger charge is 2.09. The lowest BCUT2D eigenvalue weighted by Gasteiger charge is -2.10. The molecule has 1 aromatic carbocycles. The third kappa shape index (κ3) is 5.95. The molecule has 1 amide bonds. The van der Waals surface area contributed by atoms with Crippen molar-refractivity contribution in [1.82, 2.24) is 4.98 Å². The van der Waals surface area contributed by atoms with Gasteiger partial charge >= 0.3 is 0 Å². The van der Waals surface area contributed by atoms with Crippen LogP contribution in [0.2, 0.25) is 0 Å². The van der Waals surface area contributed by atoms with Gasteiger partial charge in [0.15, 0.2) is 11.5 Å². The molecular formula is C20H27N3O3. The molecule has 6 nitrogen and oxygen atoms in total. The summed E-state index contributed by atoms with van der Waals surface area (Å²) in [5, 5.41) is 6.13. The van der Waals surface area contributed by atoms with Crippen molar-refractivity contribution in [3.05, 3.63) is 42.1 Å². The fourth-order valence-corrected chi connectivity index (χ4v) is 2.54. The third-order valence-electron chi connectivity index (χ3n) is 3.95. The van der Waals surface area contributed by atoms with Gasteiger partial charge < -0.3 is 20.1 Å². The van der Waals surface area contributed by atoms with Crippen LogP contribution in [-0.4, -0.2) is 31.7 Å². The lowest BCUT2D eigenvalue weighted by Crippen LogP contribution is -2.15. The third-order valence-corrected chi connectivity index (χ3v) is 3.95. The molecule has 0 unspecified atom stereocenters. The van der Waals surface area contributed by atoms with E-state index in [-0.39, 0.29) is 12.3 Å². The number of anilines is 2. The van der Waals surface area contributed by atoms with Gasteiger partial charge in [0.25, 0.3) is 0 Å². The van der Waals surface area contributed by atoms with Crippen molar-refractivity contribution in [2.24, 2.45) is 0 Å². The van der Waals surface area contributed by atoms with E-state index in [2.05, 4.69) is 22.5 Å². The summed E-state index contributed by atoms with van der Waals surface area (Å²) in [6, 6.07) is 9.16. The van der Waals surface area contributed by atoms with E-state index in [0.29, 0.717) is 17.3 Å². The molecule has 0 atom stereocenters. The van der Waals surface area contributed by atoms with E-state index >= 15 is 0 Å². The molecule has 26 heavy (non-hydrogen) atoms. The quantitative estimate of drug-likeness (QED) is 0.631. The van der Waals surface area contributed by atoms with Crippen LogP contribution in [0.1, 0.15) is 31.7 Å². The topological polar surface area (TPSA) is 72.5 Å². The Balaban J connectivity index is 1.87. The van der Waals surface area contributed by atoms with Crippen molar-refractivity contribution in [2.75, 3.05) is 31.4 Å². The molecule has 1 aromatic heterocycles. The Bertz CT molecular complexity index is 702. The first-order valence-electron chi connectivity index (χ1n) is 8.87. The van der Waals surface area contributed by atoms with Crippen LogP contribution in [0.5, 0.6) is 11.5 Å². The molecule has 0 fully saturated rings. The normalized spacial score (nSPS) is 10.3. The van der Waals surface area contributed by atoms with Crippen LogP contribution >= 0.6 is 0 Å². The maximum absolute atomic E-state index is 12.2. The summed E-state index contributed by atoms with van der Waals surface area (Å²) in [6.45, 7) is 3.11. The standard InChI is InChI=1S/C20H27N3O3/c1-4-5-6-11-21-16-8-10-19(22-14-16)23-20(24)13-15-7-9-17(25-2)18(12-15)26-3/h7-10,12,14,21H,4-6,11,13H2,1-3H3,(H,22,23,24). The van der Waals surface area contributed by atoms with Gasteiger partial charge in [-0.1, -0.05) is 25.8 Å². The fraction of sp³-hybridized carbons (Fsp3) is 0.400. The van der Waals surface area contributed by atoms with Gasteiger partial charge in [0.2, 0.25) is 5.91 Å². The number of nitrogens with zero attached hydrogens (tertiary/aromatic N) is 1. The van der Waals surface area contributed by atoms with Crippen LogP contribution in [0, 0.1) is 0 Å². The van der Waals surface area contributed by atoms with E-state index < -0.39 is 0 Å². The molecule has 0 bridgehead atoms. The number of pyridine rings is 1. The van der Waals surface area contributed by atoms with E-state index in [9.17, 15) is 4.79 Å². The summed E-state index contributed by atoms with van der Waals surface area (Å²) in [4.78, 5) is 16.5. The highest BCUT2D eigenvalue weighted by Crippen LogP contribution is 2.27. The van der Waals surface area contributed by atoms with E-state index in [1.54, 1.807) is 38.6 Å². The maximum Gasteiger partial charge on any atom is 0.229 e. The highest BCUT2D eigenvalue weighted by molar-refractivity contribution is 5.91. The first-order valence-corrected chi connectivity index (χ1v) is 8.87. The van der Waals surface area contributed by atoms with Crippen molar-refractivity contribution in [1.29, 1.82) is 0 Å².